The van der Waals surface area contributed by atoms with Crippen molar-refractivity contribution in [1.29, 1.82) is 0 Å². The molecule has 0 saturated heterocycles. The molecule has 0 fully saturated rings. The SMILES string of the molecule is O=C(NCC#Cc1cccc2cnccc12)OCc1ccccc1. The number of amides is 1. The largest absolute Gasteiger partial charge is 0.445 e. The van der Waals surface area contributed by atoms with Gasteiger partial charge in [0.05, 0.1) is 6.54 Å². The maximum Gasteiger partial charge on any atom is 0.408 e. The normalized spacial score (nSPS) is 9.83. The van der Waals surface area contributed by atoms with Crippen molar-refractivity contribution in [1.82, 2.24) is 10.3 Å². The molecule has 0 aliphatic heterocycles. The van der Waals surface area contributed by atoms with Gasteiger partial charge in [0.1, 0.15) is 6.61 Å². The van der Waals surface area contributed by atoms with Crippen LogP contribution in [0.25, 0.3) is 10.8 Å². The van der Waals surface area contributed by atoms with E-state index in [9.17, 15) is 4.79 Å². The molecule has 0 aliphatic carbocycles. The lowest BCUT2D eigenvalue weighted by atomic mass is 10.1. The summed E-state index contributed by atoms with van der Waals surface area (Å²) in [7, 11) is 0. The van der Waals surface area contributed by atoms with Gasteiger partial charge in [0.2, 0.25) is 0 Å². The molecule has 1 amide bonds. The first-order chi connectivity index (χ1) is 11.8. The Morgan fingerprint density at radius 1 is 1.08 bits per heavy atom. The number of pyridine rings is 1. The van der Waals surface area contributed by atoms with Gasteiger partial charge in [0.15, 0.2) is 0 Å². The predicted molar refractivity (Wildman–Crippen MR) is 93.3 cm³/mol. The van der Waals surface area contributed by atoms with Crippen molar-refractivity contribution >= 4 is 16.9 Å². The highest BCUT2D eigenvalue weighted by Crippen LogP contribution is 2.16. The van der Waals surface area contributed by atoms with Crippen LogP contribution in [0.2, 0.25) is 0 Å². The number of hydrogen-bond acceptors (Lipinski definition) is 3. The Kier molecular flexibility index (Phi) is 5.06. The van der Waals surface area contributed by atoms with E-state index in [-0.39, 0.29) is 13.2 Å². The lowest BCUT2D eigenvalue weighted by molar-refractivity contribution is 0.141. The van der Waals surface area contributed by atoms with Crippen molar-refractivity contribution in [2.24, 2.45) is 0 Å². The molecule has 1 heterocycles. The molecule has 3 rings (SSSR count). The van der Waals surface area contributed by atoms with E-state index in [4.69, 9.17) is 4.74 Å². The van der Waals surface area contributed by atoms with Crippen LogP contribution >= 0.6 is 0 Å². The topological polar surface area (TPSA) is 51.2 Å². The zero-order valence-corrected chi connectivity index (χ0v) is 13.0. The zero-order chi connectivity index (χ0) is 16.6. The summed E-state index contributed by atoms with van der Waals surface area (Å²) in [6.07, 6.45) is 3.07. The van der Waals surface area contributed by atoms with Crippen molar-refractivity contribution in [3.63, 3.8) is 0 Å². The maximum atomic E-state index is 11.6. The zero-order valence-electron chi connectivity index (χ0n) is 13.0. The molecule has 3 aromatic rings. The molecular formula is C20H16N2O2. The quantitative estimate of drug-likeness (QED) is 0.752. The molecule has 0 unspecified atom stereocenters. The average molecular weight is 316 g/mol. The fraction of sp³-hybridized carbons (Fsp3) is 0.100. The molecule has 4 heteroatoms. The van der Waals surface area contributed by atoms with Crippen LogP contribution < -0.4 is 5.32 Å². The minimum absolute atomic E-state index is 0.231. The van der Waals surface area contributed by atoms with Crippen LogP contribution in [0.15, 0.2) is 67.0 Å². The van der Waals surface area contributed by atoms with Gasteiger partial charge in [-0.2, -0.15) is 0 Å². The smallest absolute Gasteiger partial charge is 0.408 e. The molecule has 0 atom stereocenters. The highest BCUT2D eigenvalue weighted by atomic mass is 16.5. The van der Waals surface area contributed by atoms with E-state index in [0.29, 0.717) is 0 Å². The Bertz CT molecular complexity index is 890. The van der Waals surface area contributed by atoms with Gasteiger partial charge in [-0.3, -0.25) is 4.98 Å². The Labute approximate surface area is 140 Å². The number of benzene rings is 2. The number of rotatable bonds is 3. The van der Waals surface area contributed by atoms with Gasteiger partial charge in [-0.05, 0) is 17.7 Å². The van der Waals surface area contributed by atoms with E-state index in [1.807, 2.05) is 54.6 Å². The van der Waals surface area contributed by atoms with Crippen LogP contribution in [0.3, 0.4) is 0 Å². The third-order valence-electron chi connectivity index (χ3n) is 3.44. The Balaban J connectivity index is 1.53. The Morgan fingerprint density at radius 3 is 2.83 bits per heavy atom. The van der Waals surface area contributed by atoms with Crippen LogP contribution in [0.4, 0.5) is 4.79 Å². The predicted octanol–water partition coefficient (Wildman–Crippen LogP) is 3.51. The van der Waals surface area contributed by atoms with E-state index in [1.54, 1.807) is 12.4 Å². The standard InChI is InChI=1S/C20H16N2O2/c23-20(24-15-16-6-2-1-3-7-16)22-12-5-10-17-8-4-9-18-14-21-13-11-19(17)18/h1-4,6-9,11,13-14H,12,15H2,(H,22,23). The third kappa shape index (κ3) is 4.11. The number of hydrogen-bond donors (Lipinski definition) is 1. The highest BCUT2D eigenvalue weighted by molar-refractivity contribution is 5.87. The molecule has 0 aliphatic rings. The fourth-order valence-electron chi connectivity index (χ4n) is 2.26. The third-order valence-corrected chi connectivity index (χ3v) is 3.44. The van der Waals surface area contributed by atoms with Crippen LogP contribution in [0.5, 0.6) is 0 Å². The second-order valence-corrected chi connectivity index (χ2v) is 5.12. The molecule has 0 spiro atoms. The van der Waals surface area contributed by atoms with Gasteiger partial charge in [0, 0.05) is 28.7 Å². The summed E-state index contributed by atoms with van der Waals surface area (Å²) in [5.74, 6) is 6.01. The van der Waals surface area contributed by atoms with Gasteiger partial charge in [0.25, 0.3) is 0 Å². The first kappa shape index (κ1) is 15.6. The molecule has 118 valence electrons. The lowest BCUT2D eigenvalue weighted by Gasteiger charge is -2.04. The molecule has 24 heavy (non-hydrogen) atoms. The van der Waals surface area contributed by atoms with Crippen LogP contribution in [-0.2, 0) is 11.3 Å². The average Bonchev–Trinajstić information content (AvgIpc) is 2.64. The summed E-state index contributed by atoms with van der Waals surface area (Å²) >= 11 is 0. The maximum absolute atomic E-state index is 11.6. The van der Waals surface area contributed by atoms with Gasteiger partial charge in [-0.25, -0.2) is 4.79 Å². The number of aromatic nitrogens is 1. The van der Waals surface area contributed by atoms with Crippen molar-refractivity contribution in [3.8, 4) is 11.8 Å². The summed E-state index contributed by atoms with van der Waals surface area (Å²) in [5.41, 5.74) is 1.86. The molecule has 2 aromatic carbocycles. The van der Waals surface area contributed by atoms with Crippen molar-refractivity contribution in [3.05, 3.63) is 78.1 Å². The second-order valence-electron chi connectivity index (χ2n) is 5.12. The number of carbonyl (C=O) groups is 1. The molecule has 1 N–H and O–H groups in total. The van der Waals surface area contributed by atoms with Gasteiger partial charge >= 0.3 is 6.09 Å². The number of ether oxygens (including phenoxy) is 1. The minimum atomic E-state index is -0.477. The van der Waals surface area contributed by atoms with Crippen LogP contribution in [0.1, 0.15) is 11.1 Å². The summed E-state index contributed by atoms with van der Waals surface area (Å²) in [4.78, 5) is 15.7. The minimum Gasteiger partial charge on any atom is -0.445 e. The second kappa shape index (κ2) is 7.80. The molecule has 1 aromatic heterocycles. The highest BCUT2D eigenvalue weighted by Gasteiger charge is 2.00. The van der Waals surface area contributed by atoms with E-state index in [0.717, 1.165) is 21.9 Å². The Hall–Kier alpha value is -3.32. The van der Waals surface area contributed by atoms with Crippen LogP contribution in [-0.4, -0.2) is 17.6 Å². The van der Waals surface area contributed by atoms with E-state index in [2.05, 4.69) is 22.1 Å². The number of carbonyl (C=O) groups excluding carboxylic acids is 1. The van der Waals surface area contributed by atoms with Crippen molar-refractivity contribution < 1.29 is 9.53 Å². The van der Waals surface area contributed by atoms with Crippen molar-refractivity contribution in [2.45, 2.75) is 6.61 Å². The van der Waals surface area contributed by atoms with E-state index >= 15 is 0 Å². The summed E-state index contributed by atoms with van der Waals surface area (Å²) in [5, 5.41) is 4.71. The van der Waals surface area contributed by atoms with Crippen molar-refractivity contribution in [2.75, 3.05) is 6.54 Å². The molecule has 4 nitrogen and oxygen atoms in total. The van der Waals surface area contributed by atoms with E-state index < -0.39 is 6.09 Å². The summed E-state index contributed by atoms with van der Waals surface area (Å²) < 4.78 is 5.12. The number of fused-ring (bicyclic) bond motifs is 1. The van der Waals surface area contributed by atoms with E-state index in [1.165, 1.54) is 0 Å². The fourth-order valence-corrected chi connectivity index (χ4v) is 2.26. The summed E-state index contributed by atoms with van der Waals surface area (Å²) in [6.45, 7) is 0.478. The lowest BCUT2D eigenvalue weighted by Crippen LogP contribution is -2.24. The summed E-state index contributed by atoms with van der Waals surface area (Å²) in [6, 6.07) is 17.4. The molecule has 0 saturated carbocycles. The first-order valence-electron chi connectivity index (χ1n) is 7.59. The Morgan fingerprint density at radius 2 is 1.96 bits per heavy atom. The molecule has 0 bridgehead atoms. The number of nitrogens with zero attached hydrogens (tertiary/aromatic N) is 1. The number of nitrogens with one attached hydrogen (secondary N) is 1. The molecular weight excluding hydrogens is 300 g/mol. The molecule has 0 radical (unpaired) electrons. The van der Waals surface area contributed by atoms with Crippen LogP contribution in [0, 0.1) is 11.8 Å². The van der Waals surface area contributed by atoms with Gasteiger partial charge in [-0.15, -0.1) is 0 Å². The first-order valence-corrected chi connectivity index (χ1v) is 7.59. The monoisotopic (exact) mass is 316 g/mol. The van der Waals surface area contributed by atoms with Gasteiger partial charge in [-0.1, -0.05) is 54.3 Å². The van der Waals surface area contributed by atoms with Gasteiger partial charge < -0.3 is 10.1 Å². The number of alkyl carbamates (subject to hydrolysis) is 1.